The predicted octanol–water partition coefficient (Wildman–Crippen LogP) is 4.38. The van der Waals surface area contributed by atoms with Crippen molar-refractivity contribution in [2.24, 2.45) is 0 Å². The van der Waals surface area contributed by atoms with Crippen LogP contribution in [0.25, 0.3) is 11.4 Å². The number of carbonyl (C=O) groups is 1. The molecule has 1 heterocycles. The fraction of sp³-hybridized carbons (Fsp3) is 0.0870. The second kappa shape index (κ2) is 9.00. The van der Waals surface area contributed by atoms with Crippen LogP contribution in [0.2, 0.25) is 0 Å². The van der Waals surface area contributed by atoms with Crippen LogP contribution in [0.1, 0.15) is 21.8 Å². The molecule has 4 rings (SSSR count). The summed E-state index contributed by atoms with van der Waals surface area (Å²) in [4.78, 5) is 16.8. The first-order valence-corrected chi connectivity index (χ1v) is 9.31. The topological polar surface area (TPSA) is 77.2 Å². The van der Waals surface area contributed by atoms with E-state index < -0.39 is 0 Å². The van der Waals surface area contributed by atoms with Gasteiger partial charge >= 0.3 is 0 Å². The number of nitrogens with one attached hydrogen (secondary N) is 1. The first kappa shape index (κ1) is 19.3. The number of ether oxygens (including phenoxy) is 1. The highest BCUT2D eigenvalue weighted by molar-refractivity contribution is 5.96. The number of rotatable bonds is 7. The highest BCUT2D eigenvalue weighted by Gasteiger charge is 2.14. The summed E-state index contributed by atoms with van der Waals surface area (Å²) in [6.45, 7) is 0.413. The van der Waals surface area contributed by atoms with Gasteiger partial charge in [-0.2, -0.15) is 4.98 Å². The van der Waals surface area contributed by atoms with Gasteiger partial charge in [0.2, 0.25) is 5.82 Å². The maximum atomic E-state index is 13.1. The van der Waals surface area contributed by atoms with E-state index in [0.717, 1.165) is 5.56 Å². The van der Waals surface area contributed by atoms with Crippen LogP contribution in [0.3, 0.4) is 0 Å². The fourth-order valence-corrected chi connectivity index (χ4v) is 2.82. The van der Waals surface area contributed by atoms with Crippen LogP contribution in [0.4, 0.5) is 4.39 Å². The fourth-order valence-electron chi connectivity index (χ4n) is 2.82. The van der Waals surface area contributed by atoms with E-state index >= 15 is 0 Å². The summed E-state index contributed by atoms with van der Waals surface area (Å²) in [7, 11) is 0. The Hall–Kier alpha value is -4.00. The van der Waals surface area contributed by atoms with Crippen molar-refractivity contribution < 1.29 is 18.4 Å². The zero-order valence-electron chi connectivity index (χ0n) is 15.9. The largest absolute Gasteiger partial charge is 0.483 e. The molecule has 150 valence electrons. The summed E-state index contributed by atoms with van der Waals surface area (Å²) in [6.07, 6.45) is 0. The van der Waals surface area contributed by atoms with Crippen molar-refractivity contribution >= 4 is 5.91 Å². The minimum Gasteiger partial charge on any atom is -0.483 e. The SMILES string of the molecule is O=C(NCc1ccccc1)c1ccccc1OCc1nc(-c2ccc(F)cc2)no1. The van der Waals surface area contributed by atoms with Gasteiger partial charge in [-0.05, 0) is 42.0 Å². The quantitative estimate of drug-likeness (QED) is 0.495. The molecule has 0 unspecified atom stereocenters. The number of aromatic nitrogens is 2. The molecule has 0 saturated carbocycles. The molecule has 0 spiro atoms. The third kappa shape index (κ3) is 4.70. The van der Waals surface area contributed by atoms with Crippen LogP contribution in [0.5, 0.6) is 5.75 Å². The predicted molar refractivity (Wildman–Crippen MR) is 108 cm³/mol. The Kier molecular flexibility index (Phi) is 5.80. The van der Waals surface area contributed by atoms with Gasteiger partial charge in [0.05, 0.1) is 5.56 Å². The van der Waals surface area contributed by atoms with Crippen LogP contribution in [0.15, 0.2) is 83.4 Å². The molecule has 0 saturated heterocycles. The third-order valence-corrected chi connectivity index (χ3v) is 4.35. The Labute approximate surface area is 172 Å². The van der Waals surface area contributed by atoms with E-state index in [4.69, 9.17) is 9.26 Å². The zero-order valence-corrected chi connectivity index (χ0v) is 15.9. The van der Waals surface area contributed by atoms with Crippen molar-refractivity contribution in [2.75, 3.05) is 0 Å². The van der Waals surface area contributed by atoms with Gasteiger partial charge in [-0.15, -0.1) is 0 Å². The van der Waals surface area contributed by atoms with E-state index in [1.165, 1.54) is 12.1 Å². The molecule has 0 aliphatic rings. The molecular weight excluding hydrogens is 385 g/mol. The van der Waals surface area contributed by atoms with Crippen molar-refractivity contribution in [3.05, 3.63) is 102 Å². The van der Waals surface area contributed by atoms with Crippen LogP contribution < -0.4 is 10.1 Å². The average molecular weight is 403 g/mol. The highest BCUT2D eigenvalue weighted by Crippen LogP contribution is 2.21. The van der Waals surface area contributed by atoms with Gasteiger partial charge < -0.3 is 14.6 Å². The monoisotopic (exact) mass is 403 g/mol. The smallest absolute Gasteiger partial charge is 0.264 e. The van der Waals surface area contributed by atoms with Gasteiger partial charge in [-0.1, -0.05) is 47.6 Å². The molecule has 1 N–H and O–H groups in total. The Bertz CT molecular complexity index is 1130. The summed E-state index contributed by atoms with van der Waals surface area (Å²) >= 11 is 0. The van der Waals surface area contributed by atoms with Crippen molar-refractivity contribution in [3.8, 4) is 17.1 Å². The Morgan fingerprint density at radius 3 is 2.50 bits per heavy atom. The number of benzene rings is 3. The number of halogens is 1. The summed E-state index contributed by atoms with van der Waals surface area (Å²) in [5.74, 6) is 0.404. The van der Waals surface area contributed by atoms with Crippen LogP contribution >= 0.6 is 0 Å². The Morgan fingerprint density at radius 1 is 0.967 bits per heavy atom. The van der Waals surface area contributed by atoms with E-state index in [2.05, 4.69) is 15.5 Å². The molecule has 1 aromatic heterocycles. The Morgan fingerprint density at radius 2 is 1.70 bits per heavy atom. The molecule has 0 aliphatic heterocycles. The second-order valence-corrected chi connectivity index (χ2v) is 6.47. The summed E-state index contributed by atoms with van der Waals surface area (Å²) in [5, 5.41) is 6.76. The molecule has 0 aliphatic carbocycles. The number of hydrogen-bond acceptors (Lipinski definition) is 5. The van der Waals surface area contributed by atoms with Crippen molar-refractivity contribution in [1.29, 1.82) is 0 Å². The molecule has 30 heavy (non-hydrogen) atoms. The third-order valence-electron chi connectivity index (χ3n) is 4.35. The number of nitrogens with zero attached hydrogens (tertiary/aromatic N) is 2. The van der Waals surface area contributed by atoms with E-state index in [-0.39, 0.29) is 24.2 Å². The lowest BCUT2D eigenvalue weighted by Gasteiger charge is -2.10. The lowest BCUT2D eigenvalue weighted by molar-refractivity contribution is 0.0945. The average Bonchev–Trinajstić information content (AvgIpc) is 3.26. The molecule has 0 fully saturated rings. The van der Waals surface area contributed by atoms with Crippen LogP contribution in [-0.2, 0) is 13.2 Å². The summed E-state index contributed by atoms with van der Waals surface area (Å²) in [5.41, 5.74) is 2.04. The summed E-state index contributed by atoms with van der Waals surface area (Å²) < 4.78 is 24.0. The molecule has 1 amide bonds. The van der Waals surface area contributed by atoms with Crippen molar-refractivity contribution in [3.63, 3.8) is 0 Å². The van der Waals surface area contributed by atoms with Gasteiger partial charge in [-0.3, -0.25) is 4.79 Å². The Balaban J connectivity index is 1.41. The molecule has 7 heteroatoms. The van der Waals surface area contributed by atoms with Gasteiger partial charge in [0.15, 0.2) is 6.61 Å². The summed E-state index contributed by atoms with van der Waals surface area (Å²) in [6, 6.07) is 22.4. The van der Waals surface area contributed by atoms with E-state index in [9.17, 15) is 9.18 Å². The maximum absolute atomic E-state index is 13.1. The molecule has 0 atom stereocenters. The highest BCUT2D eigenvalue weighted by atomic mass is 19.1. The first-order chi connectivity index (χ1) is 14.7. The number of carbonyl (C=O) groups excluding carboxylic acids is 1. The van der Waals surface area contributed by atoms with Gasteiger partial charge in [0.1, 0.15) is 11.6 Å². The van der Waals surface area contributed by atoms with E-state index in [0.29, 0.717) is 29.2 Å². The lowest BCUT2D eigenvalue weighted by atomic mass is 10.1. The number of para-hydroxylation sites is 1. The number of amides is 1. The molecular formula is C23H18FN3O3. The van der Waals surface area contributed by atoms with Gasteiger partial charge in [0, 0.05) is 12.1 Å². The van der Waals surface area contributed by atoms with Crippen LogP contribution in [-0.4, -0.2) is 16.0 Å². The van der Waals surface area contributed by atoms with Crippen molar-refractivity contribution in [1.82, 2.24) is 15.5 Å². The maximum Gasteiger partial charge on any atom is 0.264 e. The van der Waals surface area contributed by atoms with Gasteiger partial charge in [-0.25, -0.2) is 4.39 Å². The zero-order chi connectivity index (χ0) is 20.8. The second-order valence-electron chi connectivity index (χ2n) is 6.47. The molecule has 3 aromatic carbocycles. The minimum absolute atomic E-state index is 0.00280. The van der Waals surface area contributed by atoms with E-state index in [1.807, 2.05) is 30.3 Å². The van der Waals surface area contributed by atoms with E-state index in [1.54, 1.807) is 36.4 Å². The standard InChI is InChI=1S/C23H18FN3O3/c24-18-12-10-17(11-13-18)22-26-21(30-27-22)15-29-20-9-5-4-8-19(20)23(28)25-14-16-6-2-1-3-7-16/h1-13H,14-15H2,(H,25,28). The van der Waals surface area contributed by atoms with Crippen LogP contribution in [0, 0.1) is 5.82 Å². The normalized spacial score (nSPS) is 10.6. The number of hydrogen-bond donors (Lipinski definition) is 1. The first-order valence-electron chi connectivity index (χ1n) is 9.31. The molecule has 6 nitrogen and oxygen atoms in total. The lowest BCUT2D eigenvalue weighted by Crippen LogP contribution is -2.23. The molecule has 4 aromatic rings. The molecule has 0 radical (unpaired) electrons. The molecule has 0 bridgehead atoms. The van der Waals surface area contributed by atoms with Gasteiger partial charge in [0.25, 0.3) is 11.8 Å². The van der Waals surface area contributed by atoms with Crippen molar-refractivity contribution in [2.45, 2.75) is 13.2 Å². The minimum atomic E-state index is -0.340.